The molecule has 60 heavy (non-hydrogen) atoms. The minimum atomic E-state index is -5.59. The maximum absolute atomic E-state index is 12.7. The summed E-state index contributed by atoms with van der Waals surface area (Å²) in [7, 11) is -16.4. The molecule has 1 aliphatic heterocycles. The lowest BCUT2D eigenvalue weighted by molar-refractivity contribution is -0.137. The van der Waals surface area contributed by atoms with Crippen LogP contribution in [0.15, 0.2) is 24.8 Å². The zero-order chi connectivity index (χ0) is 44.9. The number of aliphatic carboxylic acids is 1. The molecule has 3 heterocycles. The summed E-state index contributed by atoms with van der Waals surface area (Å²) in [5, 5.41) is 34.9. The van der Waals surface area contributed by atoms with Crippen molar-refractivity contribution >= 4 is 75.1 Å². The molecular weight excluding hydrogens is 887 g/mol. The van der Waals surface area contributed by atoms with E-state index in [9.17, 15) is 62.7 Å². The highest BCUT2D eigenvalue weighted by atomic mass is 32.2. The van der Waals surface area contributed by atoms with E-state index in [-0.39, 0.29) is 48.0 Å². The largest absolute Gasteiger partial charge is 0.481 e. The zero-order valence-corrected chi connectivity index (χ0v) is 35.6. The maximum Gasteiger partial charge on any atom is 0.481 e. The molecule has 30 heteroatoms. The van der Waals surface area contributed by atoms with Crippen LogP contribution in [-0.4, -0.2) is 134 Å². The first-order valence-electron chi connectivity index (χ1n) is 17.8. The number of hydrogen-bond donors (Lipinski definition) is 10. The zero-order valence-electron chi connectivity index (χ0n) is 32.1. The maximum atomic E-state index is 12.7. The molecule has 11 N–H and O–H groups in total. The minimum absolute atomic E-state index is 0.0229. The molecule has 0 radical (unpaired) electrons. The van der Waals surface area contributed by atoms with Gasteiger partial charge in [0.05, 0.1) is 19.5 Å². The molecule has 7 atom stereocenters. The predicted molar refractivity (Wildman–Crippen MR) is 207 cm³/mol. The third-order valence-electron chi connectivity index (χ3n) is 8.21. The van der Waals surface area contributed by atoms with Crippen LogP contribution in [0.2, 0.25) is 0 Å². The second-order valence-corrected chi connectivity index (χ2v) is 19.0. The molecule has 2 aromatic heterocycles. The van der Waals surface area contributed by atoms with Gasteiger partial charge in [-0.2, -0.15) is 4.31 Å². The molecule has 1 saturated heterocycles. The van der Waals surface area contributed by atoms with Crippen molar-refractivity contribution in [1.29, 1.82) is 0 Å². The lowest BCUT2D eigenvalue weighted by Gasteiger charge is -2.30. The molecule has 2 aromatic rings. The van der Waals surface area contributed by atoms with Crippen molar-refractivity contribution in [3.05, 3.63) is 24.8 Å². The van der Waals surface area contributed by atoms with E-state index < -0.39 is 90.5 Å². The summed E-state index contributed by atoms with van der Waals surface area (Å²) in [4.78, 5) is 98.2. The number of phosphoric acid groups is 3. The molecule has 0 bridgehead atoms. The first-order valence-corrected chi connectivity index (χ1v) is 23.3. The van der Waals surface area contributed by atoms with Gasteiger partial charge < -0.3 is 56.0 Å². The topological polar surface area (TPSA) is 401 Å². The van der Waals surface area contributed by atoms with E-state index >= 15 is 0 Å². The summed E-state index contributed by atoms with van der Waals surface area (Å²) in [6.45, 7) is 0.376. The van der Waals surface area contributed by atoms with Crippen molar-refractivity contribution in [2.75, 3.05) is 37.8 Å². The number of carbonyl (C=O) groups excluding carboxylic acids is 3. The quantitative estimate of drug-likeness (QED) is 0.0343. The lowest BCUT2D eigenvalue weighted by atomic mass is 9.87. The Bertz CT molecular complexity index is 1980. The van der Waals surface area contributed by atoms with E-state index in [2.05, 4.69) is 34.4 Å². The highest BCUT2D eigenvalue weighted by Gasteiger charge is 2.50. The highest BCUT2D eigenvalue weighted by Crippen LogP contribution is 2.61. The SMILES string of the molecule is CC(C)(COP(=O)(O)OP(=O)(O)OCC1OC(n2cnc3c(N)ncnc32)C(O)C1OP(=O)(O)O)C(O)C(=O)NCCC(=O)NCCSC(=O)CCC/C=C/CCC(=O)O. The van der Waals surface area contributed by atoms with Crippen LogP contribution in [0.4, 0.5) is 5.82 Å². The van der Waals surface area contributed by atoms with Crippen LogP contribution < -0.4 is 16.4 Å². The third kappa shape index (κ3) is 16.9. The van der Waals surface area contributed by atoms with Crippen LogP contribution in [0.1, 0.15) is 58.6 Å². The van der Waals surface area contributed by atoms with Gasteiger partial charge in [0.25, 0.3) is 0 Å². The molecule has 0 aliphatic carbocycles. The third-order valence-corrected chi connectivity index (χ3v) is 12.2. The van der Waals surface area contributed by atoms with E-state index in [1.54, 1.807) is 6.08 Å². The lowest BCUT2D eigenvalue weighted by Crippen LogP contribution is -2.46. The Morgan fingerprint density at radius 1 is 1.00 bits per heavy atom. The fourth-order valence-electron chi connectivity index (χ4n) is 5.17. The Hall–Kier alpha value is -3.23. The number of nitrogens with two attached hydrogens (primary N) is 1. The van der Waals surface area contributed by atoms with Crippen molar-refractivity contribution in [3.63, 3.8) is 0 Å². The number of rotatable bonds is 26. The number of anilines is 1. The summed E-state index contributed by atoms with van der Waals surface area (Å²) in [5.41, 5.74) is 4.23. The molecule has 2 amide bonds. The van der Waals surface area contributed by atoms with Gasteiger partial charge >= 0.3 is 29.4 Å². The average molecular weight is 936 g/mol. The molecule has 0 saturated carbocycles. The number of aliphatic hydroxyl groups is 2. The average Bonchev–Trinajstić information content (AvgIpc) is 3.70. The number of aromatic nitrogens is 4. The number of phosphoric ester groups is 3. The van der Waals surface area contributed by atoms with Gasteiger partial charge in [-0.3, -0.25) is 37.3 Å². The molecule has 3 rings (SSSR count). The van der Waals surface area contributed by atoms with Crippen LogP contribution in [-0.2, 0) is 55.5 Å². The monoisotopic (exact) mass is 935 g/mol. The van der Waals surface area contributed by atoms with Crippen molar-refractivity contribution < 1.29 is 90.4 Å². The normalized spacial score (nSPS) is 21.1. The van der Waals surface area contributed by atoms with Gasteiger partial charge in [0.2, 0.25) is 11.8 Å². The number of thioether (sulfide) groups is 1. The van der Waals surface area contributed by atoms with E-state index in [1.807, 2.05) is 6.08 Å². The number of amides is 2. The smallest absolute Gasteiger partial charge is 0.481 e. The van der Waals surface area contributed by atoms with Crippen molar-refractivity contribution in [2.45, 2.75) is 83.0 Å². The fraction of sp³-hybridized carbons (Fsp3) is 0.633. The number of carbonyl (C=O) groups is 4. The number of hydrogen-bond acceptors (Lipinski definition) is 19. The van der Waals surface area contributed by atoms with E-state index in [0.717, 1.165) is 29.0 Å². The number of nitrogen functional groups attached to an aromatic ring is 1. The summed E-state index contributed by atoms with van der Waals surface area (Å²) in [5.74, 6) is -2.09. The van der Waals surface area contributed by atoms with Gasteiger partial charge in [0.15, 0.2) is 22.8 Å². The molecule has 0 aromatic carbocycles. The number of nitrogens with zero attached hydrogens (tertiary/aromatic N) is 4. The van der Waals surface area contributed by atoms with Gasteiger partial charge in [-0.1, -0.05) is 37.8 Å². The number of unbranched alkanes of at least 4 members (excludes halogenated alkanes) is 1. The number of allylic oxidation sites excluding steroid dienone is 2. The summed E-state index contributed by atoms with van der Waals surface area (Å²) < 4.78 is 62.1. The van der Waals surface area contributed by atoms with Crippen LogP contribution >= 0.6 is 35.2 Å². The molecular formula is C30H48N7O19P3S. The summed E-state index contributed by atoms with van der Waals surface area (Å²) >= 11 is 1.04. The molecule has 0 spiro atoms. The number of imidazole rings is 1. The Morgan fingerprint density at radius 2 is 1.68 bits per heavy atom. The standard InChI is InChI=1S/C30H48N7O19P3S/c1-30(2,25(43)28(44)33-11-10-19(38)32-12-13-60-21(41)9-7-5-3-4-6-8-20(39)40)15-53-59(50,51)56-58(48,49)52-14-18-24(55-57(45,46)47)23(42)29(54-18)37-17-36-22-26(31)34-16-35-27(22)37/h3-4,16-18,23-25,29,42-43H,5-15H2,1-2H3,(H,32,38)(H,33,44)(H,39,40)(H,48,49)(H,50,51)(H2,31,34,35)(H2,45,46,47)/b4-3+. The van der Waals surface area contributed by atoms with E-state index in [4.69, 9.17) is 24.6 Å². The first kappa shape index (κ1) is 51.1. The molecule has 1 aliphatic rings. The number of fused-ring (bicyclic) bond motifs is 1. The fourth-order valence-corrected chi connectivity index (χ4v) is 8.72. The van der Waals surface area contributed by atoms with Crippen LogP contribution in [0.25, 0.3) is 11.2 Å². The van der Waals surface area contributed by atoms with Crippen LogP contribution in [0, 0.1) is 5.41 Å². The Morgan fingerprint density at radius 3 is 2.37 bits per heavy atom. The highest BCUT2D eigenvalue weighted by molar-refractivity contribution is 8.13. The second-order valence-electron chi connectivity index (χ2n) is 13.6. The molecule has 26 nitrogen and oxygen atoms in total. The minimum Gasteiger partial charge on any atom is -0.481 e. The van der Waals surface area contributed by atoms with Gasteiger partial charge in [0, 0.05) is 43.5 Å². The number of nitrogens with one attached hydrogen (secondary N) is 2. The van der Waals surface area contributed by atoms with Crippen molar-refractivity contribution in [1.82, 2.24) is 30.2 Å². The van der Waals surface area contributed by atoms with Gasteiger partial charge in [0.1, 0.15) is 36.3 Å². The molecule has 338 valence electrons. The number of ether oxygens (including phenoxy) is 1. The predicted octanol–water partition coefficient (Wildman–Crippen LogP) is 0.256. The molecule has 7 unspecified atom stereocenters. The van der Waals surface area contributed by atoms with Gasteiger partial charge in [-0.15, -0.1) is 0 Å². The van der Waals surface area contributed by atoms with Gasteiger partial charge in [-0.05, 0) is 19.3 Å². The summed E-state index contributed by atoms with van der Waals surface area (Å²) in [6, 6.07) is 0. The Balaban J connectivity index is 1.41. The van der Waals surface area contributed by atoms with Crippen LogP contribution in [0.3, 0.4) is 0 Å². The van der Waals surface area contributed by atoms with Gasteiger partial charge in [-0.25, -0.2) is 28.6 Å². The van der Waals surface area contributed by atoms with Crippen molar-refractivity contribution in [2.24, 2.45) is 5.41 Å². The van der Waals surface area contributed by atoms with Crippen molar-refractivity contribution in [3.8, 4) is 0 Å². The summed E-state index contributed by atoms with van der Waals surface area (Å²) in [6.07, 6.45) is -1.45. The Kier molecular flexibility index (Phi) is 19.4. The van der Waals surface area contributed by atoms with Crippen LogP contribution in [0.5, 0.6) is 0 Å². The van der Waals surface area contributed by atoms with E-state index in [1.165, 1.54) is 13.8 Å². The molecule has 1 fully saturated rings. The number of carboxylic acids is 1. The second kappa shape index (κ2) is 22.7. The number of carboxylic acid groups (broad SMARTS) is 1. The Labute approximate surface area is 346 Å². The van der Waals surface area contributed by atoms with E-state index in [0.29, 0.717) is 31.4 Å². The first-order chi connectivity index (χ1) is 27.9. The number of aliphatic hydroxyl groups excluding tert-OH is 2.